The SMILES string of the molecule is C[SiH2]O[Si](C)(Cl)Cl. The zero-order valence-electron chi connectivity index (χ0n) is 4.37. The molecule has 0 radical (unpaired) electrons. The molecule has 7 heavy (non-hydrogen) atoms. The summed E-state index contributed by atoms with van der Waals surface area (Å²) in [7, 11) is -0.392. The van der Waals surface area contributed by atoms with Gasteiger partial charge in [0.1, 0.15) is 9.76 Å². The second-order valence-electron chi connectivity index (χ2n) is 1.24. The van der Waals surface area contributed by atoms with E-state index in [1.54, 1.807) is 6.55 Å². The summed E-state index contributed by atoms with van der Waals surface area (Å²) >= 11 is 11.1. The van der Waals surface area contributed by atoms with Crippen molar-refractivity contribution >= 4 is 38.9 Å². The van der Waals surface area contributed by atoms with Crippen LogP contribution < -0.4 is 0 Å². The number of rotatable bonds is 2. The summed E-state index contributed by atoms with van der Waals surface area (Å²) < 4.78 is 5.04. The van der Waals surface area contributed by atoms with E-state index in [4.69, 9.17) is 26.3 Å². The Labute approximate surface area is 56.4 Å². The van der Waals surface area contributed by atoms with Crippen LogP contribution in [0.3, 0.4) is 0 Å². The van der Waals surface area contributed by atoms with E-state index in [0.717, 1.165) is 0 Å². The van der Waals surface area contributed by atoms with Gasteiger partial charge in [-0.2, -0.15) is 0 Å². The molecule has 0 atom stereocenters. The first kappa shape index (κ1) is 7.97. The van der Waals surface area contributed by atoms with Gasteiger partial charge in [0.15, 0.2) is 0 Å². The van der Waals surface area contributed by atoms with Crippen molar-refractivity contribution in [1.82, 2.24) is 0 Å². The monoisotopic (exact) mass is 174 g/mol. The molecule has 0 N–H and O–H groups in total. The van der Waals surface area contributed by atoms with Gasteiger partial charge >= 0.3 is 6.94 Å². The van der Waals surface area contributed by atoms with Crippen molar-refractivity contribution in [3.05, 3.63) is 0 Å². The summed E-state index contributed by atoms with van der Waals surface area (Å²) in [5.74, 6) is 0. The van der Waals surface area contributed by atoms with Crippen LogP contribution in [0.5, 0.6) is 0 Å². The molecule has 0 bridgehead atoms. The minimum Gasteiger partial charge on any atom is -0.440 e. The van der Waals surface area contributed by atoms with E-state index in [1.165, 1.54) is 0 Å². The van der Waals surface area contributed by atoms with E-state index in [-0.39, 0.29) is 0 Å². The minimum atomic E-state index is -2.15. The van der Waals surface area contributed by atoms with Gasteiger partial charge < -0.3 is 4.12 Å². The highest BCUT2D eigenvalue weighted by molar-refractivity contribution is 7.42. The highest BCUT2D eigenvalue weighted by atomic mass is 35.7. The van der Waals surface area contributed by atoms with Crippen LogP contribution in [0.25, 0.3) is 0 Å². The predicted molar refractivity (Wildman–Crippen MR) is 38.8 cm³/mol. The zero-order valence-corrected chi connectivity index (χ0v) is 8.30. The molecule has 0 saturated heterocycles. The Morgan fingerprint density at radius 1 is 1.57 bits per heavy atom. The lowest BCUT2D eigenvalue weighted by Crippen LogP contribution is -2.19. The van der Waals surface area contributed by atoms with Gasteiger partial charge in [0.25, 0.3) is 0 Å². The molecule has 0 aliphatic carbocycles. The third-order valence-electron chi connectivity index (χ3n) is 0.398. The first-order valence-electron chi connectivity index (χ1n) is 2.08. The molecule has 0 aromatic heterocycles. The van der Waals surface area contributed by atoms with E-state index in [9.17, 15) is 0 Å². The second-order valence-corrected chi connectivity index (χ2v) is 9.50. The van der Waals surface area contributed by atoms with Crippen LogP contribution >= 0.6 is 22.2 Å². The van der Waals surface area contributed by atoms with E-state index in [0.29, 0.717) is 0 Å². The molecular weight excluding hydrogens is 167 g/mol. The van der Waals surface area contributed by atoms with E-state index >= 15 is 0 Å². The fraction of sp³-hybridized carbons (Fsp3) is 1.00. The number of hydrogen-bond acceptors (Lipinski definition) is 1. The molecule has 5 heteroatoms. The molecule has 0 aliphatic heterocycles. The van der Waals surface area contributed by atoms with Crippen LogP contribution in [0.1, 0.15) is 0 Å². The topological polar surface area (TPSA) is 9.23 Å². The summed E-state index contributed by atoms with van der Waals surface area (Å²) in [6.07, 6.45) is 0. The Morgan fingerprint density at radius 2 is 2.00 bits per heavy atom. The molecule has 0 aromatic carbocycles. The maximum atomic E-state index is 5.55. The van der Waals surface area contributed by atoms with Gasteiger partial charge in [0.05, 0.1) is 0 Å². The molecule has 0 amide bonds. The van der Waals surface area contributed by atoms with Gasteiger partial charge in [-0.25, -0.2) is 0 Å². The lowest BCUT2D eigenvalue weighted by atomic mass is 11.9. The second kappa shape index (κ2) is 3.09. The number of hydrogen-bond donors (Lipinski definition) is 0. The molecule has 0 saturated carbocycles. The minimum absolute atomic E-state index is 0.392. The summed E-state index contributed by atoms with van der Waals surface area (Å²) in [5, 5.41) is 0. The van der Waals surface area contributed by atoms with Gasteiger partial charge in [-0.05, 0) is 6.55 Å². The maximum absolute atomic E-state index is 5.55. The van der Waals surface area contributed by atoms with Crippen molar-refractivity contribution in [2.75, 3.05) is 0 Å². The fourth-order valence-corrected chi connectivity index (χ4v) is 4.24. The van der Waals surface area contributed by atoms with Crippen LogP contribution in [0, 0.1) is 0 Å². The smallest absolute Gasteiger partial charge is 0.375 e. The van der Waals surface area contributed by atoms with Crippen LogP contribution in [0.15, 0.2) is 0 Å². The third-order valence-corrected chi connectivity index (χ3v) is 5.54. The van der Waals surface area contributed by atoms with Crippen molar-refractivity contribution < 1.29 is 4.12 Å². The summed E-state index contributed by atoms with van der Waals surface area (Å²) in [4.78, 5) is 0. The Kier molecular flexibility index (Phi) is 3.52. The largest absolute Gasteiger partial charge is 0.440 e. The Balaban J connectivity index is 3.15. The first-order valence-corrected chi connectivity index (χ1v) is 8.50. The van der Waals surface area contributed by atoms with Gasteiger partial charge in [-0.15, -0.1) is 22.2 Å². The van der Waals surface area contributed by atoms with E-state index < -0.39 is 16.7 Å². The molecule has 44 valence electrons. The predicted octanol–water partition coefficient (Wildman–Crippen LogP) is 1.18. The zero-order chi connectivity index (χ0) is 5.91. The normalized spacial score (nSPS) is 13.7. The van der Waals surface area contributed by atoms with Gasteiger partial charge in [0, 0.05) is 0 Å². The lowest BCUT2D eigenvalue weighted by molar-refractivity contribution is 0.635. The van der Waals surface area contributed by atoms with Gasteiger partial charge in [-0.3, -0.25) is 0 Å². The van der Waals surface area contributed by atoms with Gasteiger partial charge in [-0.1, -0.05) is 6.55 Å². The Hall–Kier alpha value is 0.974. The molecule has 0 heterocycles. The van der Waals surface area contributed by atoms with E-state index in [2.05, 4.69) is 0 Å². The van der Waals surface area contributed by atoms with E-state index in [1.807, 2.05) is 6.55 Å². The summed E-state index contributed by atoms with van der Waals surface area (Å²) in [6.45, 7) is 1.62. The molecule has 0 unspecified atom stereocenters. The number of halogens is 2. The van der Waals surface area contributed by atoms with Crippen molar-refractivity contribution in [2.45, 2.75) is 13.1 Å². The fourth-order valence-electron chi connectivity index (χ4n) is 0.253. The highest BCUT2D eigenvalue weighted by Gasteiger charge is 2.20. The van der Waals surface area contributed by atoms with Crippen molar-refractivity contribution in [2.24, 2.45) is 0 Å². The molecule has 0 fully saturated rings. The quantitative estimate of drug-likeness (QED) is 0.452. The van der Waals surface area contributed by atoms with Crippen molar-refractivity contribution in [3.8, 4) is 0 Å². The lowest BCUT2D eigenvalue weighted by Gasteiger charge is -2.07. The third kappa shape index (κ3) is 6.97. The highest BCUT2D eigenvalue weighted by Crippen LogP contribution is 2.13. The van der Waals surface area contributed by atoms with Crippen LogP contribution in [-0.4, -0.2) is 16.7 Å². The first-order chi connectivity index (χ1) is 3.06. The molecule has 0 rings (SSSR count). The molecule has 1 nitrogen and oxygen atoms in total. The molecule has 0 aromatic rings. The molecular formula is C2H8Cl2OSi2. The Morgan fingerprint density at radius 3 is 2.00 bits per heavy atom. The van der Waals surface area contributed by atoms with Crippen LogP contribution in [-0.2, 0) is 4.12 Å². The standard InChI is InChI=1S/C2H8Cl2OSi2/c1-6-5-7(2,3)4/h6H2,1-2H3. The van der Waals surface area contributed by atoms with Gasteiger partial charge in [0.2, 0.25) is 0 Å². The Bertz CT molecular complexity index is 52.1. The summed E-state index contributed by atoms with van der Waals surface area (Å²) in [5.41, 5.74) is 0. The average Bonchev–Trinajstić information content (AvgIpc) is 1.30. The molecule has 0 spiro atoms. The van der Waals surface area contributed by atoms with Crippen molar-refractivity contribution in [3.63, 3.8) is 0 Å². The average molecular weight is 175 g/mol. The molecule has 0 aliphatic rings. The maximum Gasteiger partial charge on any atom is 0.375 e. The van der Waals surface area contributed by atoms with Crippen molar-refractivity contribution in [1.29, 1.82) is 0 Å². The van der Waals surface area contributed by atoms with Crippen LogP contribution in [0.4, 0.5) is 0 Å². The summed E-state index contributed by atoms with van der Waals surface area (Å²) in [6, 6.07) is 0. The van der Waals surface area contributed by atoms with Crippen LogP contribution in [0.2, 0.25) is 13.1 Å².